The summed E-state index contributed by atoms with van der Waals surface area (Å²) in [4.78, 5) is 26.0. The van der Waals surface area contributed by atoms with Crippen LogP contribution in [0.2, 0.25) is 0 Å². The van der Waals surface area contributed by atoms with Gasteiger partial charge in [0.25, 0.3) is 0 Å². The van der Waals surface area contributed by atoms with Crippen molar-refractivity contribution in [2.45, 2.75) is 65.0 Å². The number of carbonyl (C=O) groups is 2. The number of ether oxygens (including phenoxy) is 1. The second-order valence-corrected chi connectivity index (χ2v) is 7.15. The molecule has 1 N–H and O–H groups in total. The van der Waals surface area contributed by atoms with Crippen molar-refractivity contribution in [3.63, 3.8) is 0 Å². The molecule has 2 bridgehead atoms. The summed E-state index contributed by atoms with van der Waals surface area (Å²) in [5.74, 6) is 0.612. The van der Waals surface area contributed by atoms with E-state index in [-0.39, 0.29) is 18.4 Å². The van der Waals surface area contributed by atoms with Crippen molar-refractivity contribution >= 4 is 11.9 Å². The third kappa shape index (κ3) is 4.97. The van der Waals surface area contributed by atoms with E-state index in [1.165, 1.54) is 12.8 Å². The summed E-state index contributed by atoms with van der Waals surface area (Å²) in [6.07, 6.45) is 5.25. The van der Waals surface area contributed by atoms with E-state index in [2.05, 4.69) is 19.2 Å². The zero-order chi connectivity index (χ0) is 16.1. The minimum absolute atomic E-state index is 0.0860. The lowest BCUT2D eigenvalue weighted by Crippen LogP contribution is -2.42. The van der Waals surface area contributed by atoms with Crippen molar-refractivity contribution in [2.75, 3.05) is 19.7 Å². The molecule has 0 saturated carbocycles. The van der Waals surface area contributed by atoms with E-state index in [1.54, 1.807) is 11.8 Å². The first-order valence-electron chi connectivity index (χ1n) is 8.67. The maximum absolute atomic E-state index is 12.6. The summed E-state index contributed by atoms with van der Waals surface area (Å²) in [5, 5.41) is 3.60. The number of hydrogen-bond donors (Lipinski definition) is 1. The number of fused-ring (bicyclic) bond motifs is 2. The molecule has 0 aromatic carbocycles. The van der Waals surface area contributed by atoms with E-state index >= 15 is 0 Å². The fourth-order valence-electron chi connectivity index (χ4n) is 3.78. The summed E-state index contributed by atoms with van der Waals surface area (Å²) in [6.45, 7) is 6.99. The molecule has 2 heterocycles. The van der Waals surface area contributed by atoms with Crippen LogP contribution < -0.4 is 5.32 Å². The van der Waals surface area contributed by atoms with Gasteiger partial charge in [0.05, 0.1) is 6.61 Å². The smallest absolute Gasteiger partial charge is 0.325 e. The van der Waals surface area contributed by atoms with Gasteiger partial charge in [-0.1, -0.05) is 13.8 Å². The molecule has 0 radical (unpaired) electrons. The summed E-state index contributed by atoms with van der Waals surface area (Å²) in [5.41, 5.74) is 0. The van der Waals surface area contributed by atoms with Crippen molar-refractivity contribution in [2.24, 2.45) is 11.8 Å². The number of carbonyl (C=O) groups excluding carboxylic acids is 2. The fraction of sp³-hybridized carbons (Fsp3) is 0.882. The van der Waals surface area contributed by atoms with Gasteiger partial charge in [0.15, 0.2) is 0 Å². The van der Waals surface area contributed by atoms with E-state index in [4.69, 9.17) is 4.74 Å². The Balaban J connectivity index is 1.88. The van der Waals surface area contributed by atoms with E-state index in [9.17, 15) is 9.59 Å². The lowest BCUT2D eigenvalue weighted by molar-refractivity contribution is -0.149. The van der Waals surface area contributed by atoms with Crippen LogP contribution in [0.5, 0.6) is 0 Å². The number of amides is 1. The molecule has 5 heteroatoms. The molecule has 2 atom stereocenters. The van der Waals surface area contributed by atoms with Crippen LogP contribution in [0.15, 0.2) is 0 Å². The SMILES string of the molecule is CCOC(=O)CN(CC(C)C)C(=O)CC1CC2CCC(C1)N2. The molecule has 0 spiro atoms. The third-order valence-corrected chi connectivity index (χ3v) is 4.60. The molecule has 22 heavy (non-hydrogen) atoms. The summed E-state index contributed by atoms with van der Waals surface area (Å²) >= 11 is 0. The Bertz CT molecular complexity index is 385. The van der Waals surface area contributed by atoms with Crippen LogP contribution in [0.4, 0.5) is 0 Å². The van der Waals surface area contributed by atoms with Crippen molar-refractivity contribution in [1.82, 2.24) is 10.2 Å². The Morgan fingerprint density at radius 2 is 1.86 bits per heavy atom. The molecular weight excluding hydrogens is 280 g/mol. The molecule has 0 aromatic heterocycles. The Kier molecular flexibility index (Phi) is 6.24. The molecule has 0 aromatic rings. The number of hydrogen-bond acceptors (Lipinski definition) is 4. The highest BCUT2D eigenvalue weighted by atomic mass is 16.5. The van der Waals surface area contributed by atoms with Crippen molar-refractivity contribution in [1.29, 1.82) is 0 Å². The highest BCUT2D eigenvalue weighted by Crippen LogP contribution is 2.33. The first kappa shape index (κ1) is 17.3. The van der Waals surface area contributed by atoms with Crippen LogP contribution in [0.3, 0.4) is 0 Å². The first-order chi connectivity index (χ1) is 10.5. The molecule has 2 rings (SSSR count). The van der Waals surface area contributed by atoms with Crippen molar-refractivity contribution < 1.29 is 14.3 Å². The highest BCUT2D eigenvalue weighted by Gasteiger charge is 2.35. The average Bonchev–Trinajstić information content (AvgIpc) is 2.77. The van der Waals surface area contributed by atoms with Gasteiger partial charge in [-0.25, -0.2) is 0 Å². The second kappa shape index (κ2) is 7.95. The standard InChI is InChI=1S/C17H30N2O3/c1-4-22-17(21)11-19(10-12(2)3)16(20)9-13-7-14-5-6-15(8-13)18-14/h12-15,18H,4-11H2,1-3H3. The van der Waals surface area contributed by atoms with Crippen LogP contribution in [0, 0.1) is 11.8 Å². The van der Waals surface area contributed by atoms with E-state index < -0.39 is 0 Å². The van der Waals surface area contributed by atoms with Crippen LogP contribution in [0.1, 0.15) is 52.9 Å². The summed E-state index contributed by atoms with van der Waals surface area (Å²) in [6, 6.07) is 1.19. The molecule has 1 amide bonds. The number of esters is 1. The minimum atomic E-state index is -0.304. The van der Waals surface area contributed by atoms with Crippen LogP contribution >= 0.6 is 0 Å². The van der Waals surface area contributed by atoms with E-state index in [1.807, 2.05) is 0 Å². The normalized spacial score (nSPS) is 27.0. The van der Waals surface area contributed by atoms with Gasteiger partial charge >= 0.3 is 5.97 Å². The van der Waals surface area contributed by atoms with Gasteiger partial charge in [-0.05, 0) is 44.4 Å². The zero-order valence-corrected chi connectivity index (χ0v) is 14.1. The van der Waals surface area contributed by atoms with Gasteiger partial charge in [-0.3, -0.25) is 9.59 Å². The molecule has 2 saturated heterocycles. The summed E-state index contributed by atoms with van der Waals surface area (Å²) in [7, 11) is 0. The highest BCUT2D eigenvalue weighted by molar-refractivity contribution is 5.82. The lowest BCUT2D eigenvalue weighted by atomic mass is 9.89. The minimum Gasteiger partial charge on any atom is -0.465 e. The van der Waals surface area contributed by atoms with Gasteiger partial charge in [0.1, 0.15) is 6.54 Å². The predicted molar refractivity (Wildman–Crippen MR) is 85.3 cm³/mol. The second-order valence-electron chi connectivity index (χ2n) is 7.15. The molecule has 0 aliphatic carbocycles. The monoisotopic (exact) mass is 310 g/mol. The van der Waals surface area contributed by atoms with Gasteiger partial charge < -0.3 is 15.0 Å². The van der Waals surface area contributed by atoms with Gasteiger partial charge in [-0.15, -0.1) is 0 Å². The molecular formula is C17H30N2O3. The Morgan fingerprint density at radius 3 is 2.41 bits per heavy atom. The molecule has 2 aliphatic rings. The molecule has 126 valence electrons. The molecule has 2 fully saturated rings. The van der Waals surface area contributed by atoms with Gasteiger partial charge in [0, 0.05) is 25.0 Å². The topological polar surface area (TPSA) is 58.6 Å². The number of nitrogens with one attached hydrogen (secondary N) is 1. The van der Waals surface area contributed by atoms with Crippen LogP contribution in [-0.4, -0.2) is 48.6 Å². The fourth-order valence-corrected chi connectivity index (χ4v) is 3.78. The molecule has 5 nitrogen and oxygen atoms in total. The van der Waals surface area contributed by atoms with Gasteiger partial charge in [0.2, 0.25) is 5.91 Å². The average molecular weight is 310 g/mol. The molecule has 2 unspecified atom stereocenters. The van der Waals surface area contributed by atoms with Crippen LogP contribution in [-0.2, 0) is 14.3 Å². The number of piperidine rings is 1. The quantitative estimate of drug-likeness (QED) is 0.730. The Morgan fingerprint density at radius 1 is 1.23 bits per heavy atom. The maximum Gasteiger partial charge on any atom is 0.325 e. The van der Waals surface area contributed by atoms with Crippen molar-refractivity contribution in [3.8, 4) is 0 Å². The van der Waals surface area contributed by atoms with Crippen LogP contribution in [0.25, 0.3) is 0 Å². The van der Waals surface area contributed by atoms with Crippen molar-refractivity contribution in [3.05, 3.63) is 0 Å². The van der Waals surface area contributed by atoms with E-state index in [0.717, 1.165) is 12.8 Å². The lowest BCUT2D eigenvalue weighted by Gasteiger charge is -2.31. The number of nitrogens with zero attached hydrogens (tertiary/aromatic N) is 1. The number of rotatable bonds is 7. The maximum atomic E-state index is 12.6. The zero-order valence-electron chi connectivity index (χ0n) is 14.1. The third-order valence-electron chi connectivity index (χ3n) is 4.60. The Labute approximate surface area is 133 Å². The first-order valence-corrected chi connectivity index (χ1v) is 8.67. The largest absolute Gasteiger partial charge is 0.465 e. The summed E-state index contributed by atoms with van der Waals surface area (Å²) < 4.78 is 5.00. The molecule has 2 aliphatic heterocycles. The Hall–Kier alpha value is -1.10. The van der Waals surface area contributed by atoms with Gasteiger partial charge in [-0.2, -0.15) is 0 Å². The predicted octanol–water partition coefficient (Wildman–Crippen LogP) is 1.95. The van der Waals surface area contributed by atoms with E-state index in [0.29, 0.717) is 43.5 Å².